The summed E-state index contributed by atoms with van der Waals surface area (Å²) in [5.41, 5.74) is 2.37. The van der Waals surface area contributed by atoms with Crippen LogP contribution >= 0.6 is 12.4 Å². The number of halogens is 1. The van der Waals surface area contributed by atoms with Gasteiger partial charge < -0.3 is 15.2 Å². The number of phenols is 1. The van der Waals surface area contributed by atoms with Crippen LogP contribution in [0.5, 0.6) is 11.5 Å². The molecule has 0 radical (unpaired) electrons. The van der Waals surface area contributed by atoms with Gasteiger partial charge in [0.15, 0.2) is 11.5 Å². The molecule has 108 valence electrons. The predicted octanol–water partition coefficient (Wildman–Crippen LogP) is 3.33. The number of likely N-dealkylation sites (N-methyl/N-ethyl adjacent to an activating group) is 1. The number of aromatic hydroxyl groups is 1. The first-order valence-corrected chi connectivity index (χ1v) is 6.32. The summed E-state index contributed by atoms with van der Waals surface area (Å²) in [4.78, 5) is 0. The fourth-order valence-electron chi connectivity index (χ4n) is 2.15. The molecule has 0 saturated heterocycles. The van der Waals surface area contributed by atoms with Crippen LogP contribution in [0.25, 0.3) is 0 Å². The monoisotopic (exact) mass is 293 g/mol. The molecule has 0 aliphatic rings. The van der Waals surface area contributed by atoms with E-state index in [0.29, 0.717) is 5.75 Å². The van der Waals surface area contributed by atoms with Crippen LogP contribution in [-0.2, 0) is 6.42 Å². The Kier molecular flexibility index (Phi) is 6.36. The Hall–Kier alpha value is -1.71. The van der Waals surface area contributed by atoms with Gasteiger partial charge in [0.05, 0.1) is 7.11 Å². The summed E-state index contributed by atoms with van der Waals surface area (Å²) < 4.78 is 5.15. The minimum atomic E-state index is 0. The average Bonchev–Trinajstić information content (AvgIpc) is 2.46. The molecule has 0 aromatic heterocycles. The molecule has 2 aromatic rings. The van der Waals surface area contributed by atoms with Gasteiger partial charge in [0.1, 0.15) is 0 Å². The summed E-state index contributed by atoms with van der Waals surface area (Å²) in [7, 11) is 3.50. The lowest BCUT2D eigenvalue weighted by Gasteiger charge is -2.18. The van der Waals surface area contributed by atoms with Crippen molar-refractivity contribution in [3.05, 3.63) is 59.7 Å². The molecule has 4 heteroatoms. The minimum Gasteiger partial charge on any atom is -0.504 e. The summed E-state index contributed by atoms with van der Waals surface area (Å²) >= 11 is 0. The van der Waals surface area contributed by atoms with Gasteiger partial charge in [-0.05, 0) is 36.7 Å². The lowest BCUT2D eigenvalue weighted by Crippen LogP contribution is -2.18. The lowest BCUT2D eigenvalue weighted by molar-refractivity contribution is 0.372. The van der Waals surface area contributed by atoms with Gasteiger partial charge in [-0.2, -0.15) is 0 Å². The predicted molar refractivity (Wildman–Crippen MR) is 83.9 cm³/mol. The molecule has 0 spiro atoms. The number of methoxy groups -OCH3 is 1. The van der Waals surface area contributed by atoms with Crippen LogP contribution in [0.1, 0.15) is 17.2 Å². The van der Waals surface area contributed by atoms with Crippen molar-refractivity contribution in [1.82, 2.24) is 5.32 Å². The van der Waals surface area contributed by atoms with Crippen LogP contribution in [0.3, 0.4) is 0 Å². The van der Waals surface area contributed by atoms with E-state index in [2.05, 4.69) is 17.4 Å². The highest BCUT2D eigenvalue weighted by atomic mass is 35.5. The van der Waals surface area contributed by atoms with Gasteiger partial charge in [0.2, 0.25) is 0 Å². The molecule has 20 heavy (non-hydrogen) atoms. The van der Waals surface area contributed by atoms with Gasteiger partial charge in [-0.25, -0.2) is 0 Å². The lowest BCUT2D eigenvalue weighted by atomic mass is 9.98. The highest BCUT2D eigenvalue weighted by molar-refractivity contribution is 5.85. The normalized spacial score (nSPS) is 11.5. The van der Waals surface area contributed by atoms with Gasteiger partial charge in [-0.15, -0.1) is 12.4 Å². The second-order valence-electron chi connectivity index (χ2n) is 4.46. The van der Waals surface area contributed by atoms with Crippen molar-refractivity contribution in [3.63, 3.8) is 0 Å². The molecular weight excluding hydrogens is 274 g/mol. The molecule has 0 heterocycles. The van der Waals surface area contributed by atoms with E-state index < -0.39 is 0 Å². The fourth-order valence-corrected chi connectivity index (χ4v) is 2.15. The Bertz CT molecular complexity index is 531. The molecule has 1 atom stereocenters. The highest BCUT2D eigenvalue weighted by Gasteiger charge is 2.12. The van der Waals surface area contributed by atoms with Gasteiger partial charge in [0, 0.05) is 6.04 Å². The van der Waals surface area contributed by atoms with Crippen molar-refractivity contribution in [2.24, 2.45) is 0 Å². The van der Waals surface area contributed by atoms with E-state index in [-0.39, 0.29) is 24.2 Å². The number of benzene rings is 2. The molecule has 3 nitrogen and oxygen atoms in total. The minimum absolute atomic E-state index is 0. The zero-order valence-electron chi connectivity index (χ0n) is 11.7. The molecule has 1 unspecified atom stereocenters. The maximum Gasteiger partial charge on any atom is 0.160 e. The summed E-state index contributed by atoms with van der Waals surface area (Å²) in [6.45, 7) is 0. The SMILES string of the molecule is CNC(Cc1ccccc1)c1ccc(O)c(OC)c1.Cl. The topological polar surface area (TPSA) is 41.5 Å². The van der Waals surface area contributed by atoms with Crippen LogP contribution in [-0.4, -0.2) is 19.3 Å². The summed E-state index contributed by atoms with van der Waals surface area (Å²) in [6, 6.07) is 16.0. The van der Waals surface area contributed by atoms with Crippen LogP contribution in [0.2, 0.25) is 0 Å². The molecule has 0 amide bonds. The second kappa shape index (κ2) is 7.78. The van der Waals surface area contributed by atoms with E-state index >= 15 is 0 Å². The maximum absolute atomic E-state index is 9.63. The highest BCUT2D eigenvalue weighted by Crippen LogP contribution is 2.29. The molecule has 0 fully saturated rings. The molecule has 2 aromatic carbocycles. The number of rotatable bonds is 5. The van der Waals surface area contributed by atoms with E-state index in [1.54, 1.807) is 13.2 Å². The zero-order chi connectivity index (χ0) is 13.7. The van der Waals surface area contributed by atoms with E-state index in [1.165, 1.54) is 5.56 Å². The Morgan fingerprint density at radius 3 is 2.45 bits per heavy atom. The largest absolute Gasteiger partial charge is 0.504 e. The number of hydrogen-bond donors (Lipinski definition) is 2. The third-order valence-electron chi connectivity index (χ3n) is 3.24. The van der Waals surface area contributed by atoms with E-state index in [9.17, 15) is 5.11 Å². The second-order valence-corrected chi connectivity index (χ2v) is 4.46. The van der Waals surface area contributed by atoms with Gasteiger partial charge in [-0.3, -0.25) is 0 Å². The van der Waals surface area contributed by atoms with Crippen molar-refractivity contribution in [1.29, 1.82) is 0 Å². The van der Waals surface area contributed by atoms with Crippen LogP contribution < -0.4 is 10.1 Å². The van der Waals surface area contributed by atoms with Gasteiger partial charge >= 0.3 is 0 Å². The first-order chi connectivity index (χ1) is 9.24. The Morgan fingerprint density at radius 1 is 1.15 bits per heavy atom. The fraction of sp³-hybridized carbons (Fsp3) is 0.250. The summed E-state index contributed by atoms with van der Waals surface area (Å²) in [5, 5.41) is 12.9. The summed E-state index contributed by atoms with van der Waals surface area (Å²) in [5.74, 6) is 0.673. The van der Waals surface area contributed by atoms with Crippen molar-refractivity contribution < 1.29 is 9.84 Å². The van der Waals surface area contributed by atoms with Gasteiger partial charge in [-0.1, -0.05) is 36.4 Å². The number of nitrogens with one attached hydrogen (secondary N) is 1. The third kappa shape index (κ3) is 3.89. The van der Waals surface area contributed by atoms with Crippen LogP contribution in [0.4, 0.5) is 0 Å². The Balaban J connectivity index is 0.00000200. The Morgan fingerprint density at radius 2 is 1.85 bits per heavy atom. The first-order valence-electron chi connectivity index (χ1n) is 6.32. The zero-order valence-corrected chi connectivity index (χ0v) is 12.5. The molecule has 0 aliphatic heterocycles. The summed E-state index contributed by atoms with van der Waals surface area (Å²) in [6.07, 6.45) is 0.894. The van der Waals surface area contributed by atoms with E-state index in [0.717, 1.165) is 12.0 Å². The Labute approximate surface area is 126 Å². The standard InChI is InChI=1S/C16H19NO2.ClH/c1-17-14(10-12-6-4-3-5-7-12)13-8-9-15(18)16(11-13)19-2;/h3-9,11,14,17-18H,10H2,1-2H3;1H. The molecule has 0 aliphatic carbocycles. The van der Waals surface area contributed by atoms with Crippen LogP contribution in [0, 0.1) is 0 Å². The van der Waals surface area contributed by atoms with Crippen molar-refractivity contribution in [3.8, 4) is 11.5 Å². The van der Waals surface area contributed by atoms with Crippen LogP contribution in [0.15, 0.2) is 48.5 Å². The van der Waals surface area contributed by atoms with Crippen molar-refractivity contribution in [2.75, 3.05) is 14.2 Å². The van der Waals surface area contributed by atoms with Crippen molar-refractivity contribution in [2.45, 2.75) is 12.5 Å². The molecule has 2 N–H and O–H groups in total. The third-order valence-corrected chi connectivity index (χ3v) is 3.24. The molecule has 2 rings (SSSR count). The molecule has 0 bridgehead atoms. The number of ether oxygens (including phenoxy) is 1. The molecular formula is C16H20ClNO2. The quantitative estimate of drug-likeness (QED) is 0.888. The maximum atomic E-state index is 9.63. The molecule has 0 saturated carbocycles. The number of hydrogen-bond acceptors (Lipinski definition) is 3. The van der Waals surface area contributed by atoms with E-state index in [4.69, 9.17) is 4.74 Å². The number of phenolic OH excluding ortho intramolecular Hbond substituents is 1. The smallest absolute Gasteiger partial charge is 0.160 e. The van der Waals surface area contributed by atoms with E-state index in [1.807, 2.05) is 37.4 Å². The first kappa shape index (κ1) is 16.3. The van der Waals surface area contributed by atoms with Gasteiger partial charge in [0.25, 0.3) is 0 Å². The van der Waals surface area contributed by atoms with Crippen molar-refractivity contribution >= 4 is 12.4 Å². The average molecular weight is 294 g/mol.